The number of hydrogen-bond donors (Lipinski definition) is 2. The molecule has 0 bridgehead atoms. The van der Waals surface area contributed by atoms with Crippen molar-refractivity contribution in [3.8, 4) is 11.3 Å². The van der Waals surface area contributed by atoms with Gasteiger partial charge in [-0.05, 0) is 55.6 Å². The van der Waals surface area contributed by atoms with Crippen LogP contribution in [0.15, 0.2) is 36.7 Å². The lowest BCUT2D eigenvalue weighted by molar-refractivity contribution is 0.0766. The number of halogens is 2. The van der Waals surface area contributed by atoms with E-state index in [9.17, 15) is 9.18 Å². The Bertz CT molecular complexity index is 1490. The van der Waals surface area contributed by atoms with Gasteiger partial charge in [0, 0.05) is 49.5 Å². The molecule has 0 atom stereocenters. The highest BCUT2D eigenvalue weighted by atomic mass is 19.1. The number of anilines is 2. The zero-order chi connectivity index (χ0) is 27.0. The topological polar surface area (TPSA) is 88.0 Å². The van der Waals surface area contributed by atoms with Crippen LogP contribution in [0.2, 0.25) is 0 Å². The van der Waals surface area contributed by atoms with Gasteiger partial charge in [-0.15, -0.1) is 0 Å². The fourth-order valence-corrected chi connectivity index (χ4v) is 5.12. The normalized spacial score (nSPS) is 14.2. The molecule has 10 heteroatoms. The van der Waals surface area contributed by atoms with Gasteiger partial charge in [-0.25, -0.2) is 23.7 Å². The number of nitrogens with one attached hydrogen (secondary N) is 2. The van der Waals surface area contributed by atoms with E-state index in [2.05, 4.69) is 39.4 Å². The first-order valence-corrected chi connectivity index (χ1v) is 12.8. The number of hydrogen-bond acceptors (Lipinski definition) is 6. The standard InChI is InChI=1S/C28H31F2N7O/c1-16(2)24-17(3)36(4)26-20(24)12-19(13-21(26)29)25-22(30)15-33-28(35-25)34-23-7-6-18(14-32-23)27(38)37-10-5-8-31-9-11-37/h6-7,12-16,31H,5,8-11H2,1-4H3,(H,32,33,34,35). The number of aromatic nitrogens is 4. The first kappa shape index (κ1) is 25.7. The smallest absolute Gasteiger partial charge is 0.255 e. The molecule has 0 radical (unpaired) electrons. The Kier molecular flexibility index (Phi) is 7.07. The fourth-order valence-electron chi connectivity index (χ4n) is 5.12. The van der Waals surface area contributed by atoms with Gasteiger partial charge in [0.05, 0.1) is 17.3 Å². The minimum Gasteiger partial charge on any atom is -0.345 e. The maximum absolute atomic E-state index is 15.2. The Hall–Kier alpha value is -3.92. The number of carbonyl (C=O) groups is 1. The van der Waals surface area contributed by atoms with Crippen molar-refractivity contribution in [1.82, 2.24) is 29.7 Å². The molecule has 4 aromatic rings. The van der Waals surface area contributed by atoms with Crippen LogP contribution in [0.1, 0.15) is 47.8 Å². The lowest BCUT2D eigenvalue weighted by Gasteiger charge is -2.19. The van der Waals surface area contributed by atoms with Crippen LogP contribution in [0, 0.1) is 18.6 Å². The molecule has 198 valence electrons. The first-order chi connectivity index (χ1) is 18.2. The summed E-state index contributed by atoms with van der Waals surface area (Å²) in [5.41, 5.74) is 3.27. The maximum atomic E-state index is 15.2. The average molecular weight is 520 g/mol. The summed E-state index contributed by atoms with van der Waals surface area (Å²) < 4.78 is 31.9. The second-order valence-corrected chi connectivity index (χ2v) is 9.91. The molecule has 1 saturated heterocycles. The summed E-state index contributed by atoms with van der Waals surface area (Å²) in [6.07, 6.45) is 3.46. The summed E-state index contributed by atoms with van der Waals surface area (Å²) in [5.74, 6) is -0.488. The Labute approximate surface area is 220 Å². The highest BCUT2D eigenvalue weighted by Gasteiger charge is 2.21. The Morgan fingerprint density at radius 2 is 1.89 bits per heavy atom. The third-order valence-electron chi connectivity index (χ3n) is 7.05. The molecule has 1 amide bonds. The number of nitrogens with zero attached hydrogens (tertiary/aromatic N) is 5. The summed E-state index contributed by atoms with van der Waals surface area (Å²) in [6, 6.07) is 6.43. The van der Waals surface area contributed by atoms with E-state index < -0.39 is 11.6 Å². The Balaban J connectivity index is 1.42. The maximum Gasteiger partial charge on any atom is 0.255 e. The van der Waals surface area contributed by atoms with Gasteiger partial charge in [-0.2, -0.15) is 0 Å². The van der Waals surface area contributed by atoms with Gasteiger partial charge in [-0.1, -0.05) is 13.8 Å². The van der Waals surface area contributed by atoms with Crippen LogP contribution >= 0.6 is 0 Å². The van der Waals surface area contributed by atoms with Gasteiger partial charge in [0.1, 0.15) is 17.3 Å². The van der Waals surface area contributed by atoms with E-state index in [1.807, 2.05) is 23.4 Å². The van der Waals surface area contributed by atoms with Crippen LogP contribution in [-0.2, 0) is 7.05 Å². The number of amides is 1. The van der Waals surface area contributed by atoms with Crippen molar-refractivity contribution in [1.29, 1.82) is 0 Å². The molecule has 0 aliphatic carbocycles. The number of pyridine rings is 1. The molecule has 0 spiro atoms. The molecule has 0 unspecified atom stereocenters. The van der Waals surface area contributed by atoms with Crippen LogP contribution in [0.25, 0.3) is 22.2 Å². The van der Waals surface area contributed by atoms with Gasteiger partial charge in [0.25, 0.3) is 5.91 Å². The molecule has 8 nitrogen and oxygen atoms in total. The minimum atomic E-state index is -0.658. The first-order valence-electron chi connectivity index (χ1n) is 12.8. The van der Waals surface area contributed by atoms with E-state index in [1.54, 1.807) is 18.2 Å². The SMILES string of the molecule is Cc1c(C(C)C)c2cc(-c3nc(Nc4ccc(C(=O)N5CCCNCC5)cn4)ncc3F)cc(F)c2n1C. The Morgan fingerprint density at radius 3 is 2.63 bits per heavy atom. The lowest BCUT2D eigenvalue weighted by atomic mass is 9.98. The number of aryl methyl sites for hydroxylation is 1. The van der Waals surface area contributed by atoms with Gasteiger partial charge in [0.15, 0.2) is 5.82 Å². The highest BCUT2D eigenvalue weighted by Crippen LogP contribution is 2.36. The van der Waals surface area contributed by atoms with Crippen molar-refractivity contribution >= 4 is 28.6 Å². The van der Waals surface area contributed by atoms with E-state index in [1.165, 1.54) is 12.3 Å². The van der Waals surface area contributed by atoms with Crippen LogP contribution in [0.4, 0.5) is 20.5 Å². The van der Waals surface area contributed by atoms with Crippen LogP contribution in [-0.4, -0.2) is 56.5 Å². The molecule has 1 aromatic carbocycles. The van der Waals surface area contributed by atoms with Crippen molar-refractivity contribution in [2.45, 2.75) is 33.1 Å². The van der Waals surface area contributed by atoms with Crippen molar-refractivity contribution in [3.63, 3.8) is 0 Å². The van der Waals surface area contributed by atoms with E-state index >= 15 is 4.39 Å². The largest absolute Gasteiger partial charge is 0.345 e. The third-order valence-corrected chi connectivity index (χ3v) is 7.05. The number of fused-ring (bicyclic) bond motifs is 1. The second-order valence-electron chi connectivity index (χ2n) is 9.91. The van der Waals surface area contributed by atoms with Crippen LogP contribution in [0.5, 0.6) is 0 Å². The lowest BCUT2D eigenvalue weighted by Crippen LogP contribution is -2.34. The molecule has 4 heterocycles. The van der Waals surface area contributed by atoms with Crippen molar-refractivity contribution in [2.75, 3.05) is 31.5 Å². The number of rotatable bonds is 5. The summed E-state index contributed by atoms with van der Waals surface area (Å²) in [6.45, 7) is 9.08. The van der Waals surface area contributed by atoms with E-state index in [-0.39, 0.29) is 23.5 Å². The van der Waals surface area contributed by atoms with E-state index in [0.29, 0.717) is 35.6 Å². The monoisotopic (exact) mass is 519 g/mol. The molecule has 3 aromatic heterocycles. The zero-order valence-corrected chi connectivity index (χ0v) is 22.0. The predicted molar refractivity (Wildman–Crippen MR) is 144 cm³/mol. The van der Waals surface area contributed by atoms with Gasteiger partial charge in [0.2, 0.25) is 5.95 Å². The highest BCUT2D eigenvalue weighted by molar-refractivity contribution is 5.94. The summed E-state index contributed by atoms with van der Waals surface area (Å²) in [7, 11) is 1.83. The molecule has 1 fully saturated rings. The van der Waals surface area contributed by atoms with Crippen LogP contribution < -0.4 is 10.6 Å². The average Bonchev–Trinajstić information content (AvgIpc) is 3.05. The minimum absolute atomic E-state index is 0.0129. The molecule has 1 aliphatic heterocycles. The Morgan fingerprint density at radius 1 is 1.08 bits per heavy atom. The van der Waals surface area contributed by atoms with Crippen molar-refractivity contribution in [2.24, 2.45) is 7.05 Å². The fraction of sp³-hybridized carbons (Fsp3) is 0.357. The summed E-state index contributed by atoms with van der Waals surface area (Å²) >= 11 is 0. The molecule has 2 N–H and O–H groups in total. The quantitative estimate of drug-likeness (QED) is 0.389. The van der Waals surface area contributed by atoms with Crippen molar-refractivity contribution in [3.05, 3.63) is 65.1 Å². The van der Waals surface area contributed by atoms with Gasteiger partial charge in [-0.3, -0.25) is 4.79 Å². The van der Waals surface area contributed by atoms with E-state index in [0.717, 1.165) is 42.4 Å². The van der Waals surface area contributed by atoms with E-state index in [4.69, 9.17) is 0 Å². The summed E-state index contributed by atoms with van der Waals surface area (Å²) in [4.78, 5) is 27.3. The zero-order valence-electron chi connectivity index (χ0n) is 22.0. The number of benzene rings is 1. The second kappa shape index (κ2) is 10.4. The third kappa shape index (κ3) is 4.83. The molecule has 5 rings (SSSR count). The molecule has 0 saturated carbocycles. The summed E-state index contributed by atoms with van der Waals surface area (Å²) in [5, 5.41) is 6.98. The molecular formula is C28H31F2N7O. The number of carbonyl (C=O) groups excluding carboxylic acids is 1. The van der Waals surface area contributed by atoms with Crippen LogP contribution in [0.3, 0.4) is 0 Å². The molecule has 1 aliphatic rings. The molecule has 38 heavy (non-hydrogen) atoms. The van der Waals surface area contributed by atoms with Gasteiger partial charge < -0.3 is 20.1 Å². The molecular weight excluding hydrogens is 488 g/mol. The van der Waals surface area contributed by atoms with Crippen molar-refractivity contribution < 1.29 is 13.6 Å². The van der Waals surface area contributed by atoms with Gasteiger partial charge >= 0.3 is 0 Å². The predicted octanol–water partition coefficient (Wildman–Crippen LogP) is 4.92.